The molecule has 2 amide bonds. The highest BCUT2D eigenvalue weighted by atomic mass is 16.5. The summed E-state index contributed by atoms with van der Waals surface area (Å²) in [5, 5.41) is 3.14. The Morgan fingerprint density at radius 2 is 1.35 bits per heavy atom. The summed E-state index contributed by atoms with van der Waals surface area (Å²) in [6, 6.07) is 23.8. The highest BCUT2D eigenvalue weighted by molar-refractivity contribution is 6.36. The molecular formula is C25H22N2O4. The Bertz CT molecular complexity index is 1150. The summed E-state index contributed by atoms with van der Waals surface area (Å²) in [6.45, 7) is 0.106. The number of hydrogen-bond acceptors (Lipinski definition) is 5. The molecule has 0 fully saturated rings. The van der Waals surface area contributed by atoms with Crippen molar-refractivity contribution in [3.63, 3.8) is 0 Å². The molecule has 0 aliphatic carbocycles. The number of ether oxygens (including phenoxy) is 2. The van der Waals surface area contributed by atoms with Crippen molar-refractivity contribution in [1.29, 1.82) is 0 Å². The van der Waals surface area contributed by atoms with E-state index < -0.39 is 5.91 Å². The maximum atomic E-state index is 13.4. The summed E-state index contributed by atoms with van der Waals surface area (Å²) >= 11 is 0. The highest BCUT2D eigenvalue weighted by Gasteiger charge is 2.39. The molecule has 0 unspecified atom stereocenters. The third kappa shape index (κ3) is 3.88. The third-order valence-corrected chi connectivity index (χ3v) is 5.12. The standard InChI is InChI=1S/C25H22N2O4/c1-30-20-14-8-6-12-18(20)16-27-24(28)22(17-10-4-3-5-11-17)23(25(27)29)26-19-13-7-9-15-21(19)31-2/h3-15,26H,16H2,1-2H3. The molecule has 31 heavy (non-hydrogen) atoms. The fourth-order valence-electron chi connectivity index (χ4n) is 3.59. The van der Waals surface area contributed by atoms with Crippen LogP contribution >= 0.6 is 0 Å². The molecule has 1 aliphatic rings. The number of nitrogens with one attached hydrogen (secondary N) is 1. The van der Waals surface area contributed by atoms with Gasteiger partial charge in [0.1, 0.15) is 17.2 Å². The largest absolute Gasteiger partial charge is 0.496 e. The normalized spacial score (nSPS) is 13.5. The zero-order valence-corrected chi connectivity index (χ0v) is 17.3. The fourth-order valence-corrected chi connectivity index (χ4v) is 3.59. The van der Waals surface area contributed by atoms with Gasteiger partial charge >= 0.3 is 0 Å². The number of methoxy groups -OCH3 is 2. The topological polar surface area (TPSA) is 67.9 Å². The van der Waals surface area contributed by atoms with Gasteiger partial charge < -0.3 is 14.8 Å². The van der Waals surface area contributed by atoms with Crippen LogP contribution in [0.15, 0.2) is 84.6 Å². The molecule has 0 spiro atoms. The van der Waals surface area contributed by atoms with Gasteiger partial charge in [0.2, 0.25) is 0 Å². The molecular weight excluding hydrogens is 392 g/mol. The van der Waals surface area contributed by atoms with Crippen LogP contribution in [0.3, 0.4) is 0 Å². The number of carbonyl (C=O) groups excluding carboxylic acids is 2. The SMILES string of the molecule is COc1ccccc1CN1C(=O)C(Nc2ccccc2OC)=C(c2ccccc2)C1=O. The van der Waals surface area contributed by atoms with Gasteiger partial charge in [-0.2, -0.15) is 0 Å². The first-order valence-corrected chi connectivity index (χ1v) is 9.82. The lowest BCUT2D eigenvalue weighted by atomic mass is 10.0. The van der Waals surface area contributed by atoms with Gasteiger partial charge in [-0.1, -0.05) is 60.7 Å². The molecule has 0 bridgehead atoms. The maximum absolute atomic E-state index is 13.4. The van der Waals surface area contributed by atoms with Gasteiger partial charge in [0, 0.05) is 5.56 Å². The van der Waals surface area contributed by atoms with Crippen molar-refractivity contribution in [2.24, 2.45) is 0 Å². The van der Waals surface area contributed by atoms with Crippen molar-refractivity contribution in [2.45, 2.75) is 6.54 Å². The highest BCUT2D eigenvalue weighted by Crippen LogP contribution is 2.34. The number of carbonyl (C=O) groups is 2. The summed E-state index contributed by atoms with van der Waals surface area (Å²) in [5.41, 5.74) is 2.56. The summed E-state index contributed by atoms with van der Waals surface area (Å²) in [7, 11) is 3.12. The average molecular weight is 414 g/mol. The Labute approximate surface area is 180 Å². The number of hydrogen-bond donors (Lipinski definition) is 1. The van der Waals surface area contributed by atoms with Gasteiger partial charge in [0.05, 0.1) is 32.0 Å². The van der Waals surface area contributed by atoms with Crippen molar-refractivity contribution in [1.82, 2.24) is 4.90 Å². The zero-order chi connectivity index (χ0) is 21.8. The van der Waals surface area contributed by atoms with Gasteiger partial charge in [-0.05, 0) is 23.8 Å². The smallest absolute Gasteiger partial charge is 0.278 e. The van der Waals surface area contributed by atoms with E-state index in [1.54, 1.807) is 32.4 Å². The molecule has 0 saturated carbocycles. The number of imide groups is 1. The number of anilines is 1. The number of amides is 2. The Hall–Kier alpha value is -4.06. The van der Waals surface area contributed by atoms with Crippen molar-refractivity contribution in [3.8, 4) is 11.5 Å². The zero-order valence-electron chi connectivity index (χ0n) is 17.3. The van der Waals surface area contributed by atoms with E-state index in [0.717, 1.165) is 5.56 Å². The van der Waals surface area contributed by atoms with E-state index in [0.29, 0.717) is 28.3 Å². The van der Waals surface area contributed by atoms with E-state index in [1.807, 2.05) is 60.7 Å². The Kier molecular flexibility index (Phi) is 5.71. The lowest BCUT2D eigenvalue weighted by molar-refractivity contribution is -0.137. The second-order valence-corrected chi connectivity index (χ2v) is 6.95. The lowest BCUT2D eigenvalue weighted by Gasteiger charge is -2.17. The van der Waals surface area contributed by atoms with Crippen LogP contribution < -0.4 is 14.8 Å². The molecule has 0 aromatic heterocycles. The molecule has 1 aliphatic heterocycles. The molecule has 0 atom stereocenters. The Balaban J connectivity index is 1.76. The molecule has 0 saturated heterocycles. The van der Waals surface area contributed by atoms with Crippen molar-refractivity contribution in [3.05, 3.63) is 95.7 Å². The number of nitrogens with zero attached hydrogens (tertiary/aromatic N) is 1. The molecule has 3 aromatic carbocycles. The first kappa shape index (κ1) is 20.2. The molecule has 0 radical (unpaired) electrons. The molecule has 6 heteroatoms. The molecule has 3 aromatic rings. The number of benzene rings is 3. The summed E-state index contributed by atoms with van der Waals surface area (Å²) in [4.78, 5) is 28.1. The summed E-state index contributed by atoms with van der Waals surface area (Å²) in [5.74, 6) is 0.432. The van der Waals surface area contributed by atoms with Crippen molar-refractivity contribution in [2.75, 3.05) is 19.5 Å². The predicted molar refractivity (Wildman–Crippen MR) is 119 cm³/mol. The van der Waals surface area contributed by atoms with E-state index in [-0.39, 0.29) is 18.1 Å². The monoisotopic (exact) mass is 414 g/mol. The first-order chi connectivity index (χ1) is 15.1. The van der Waals surface area contributed by atoms with Gasteiger partial charge in [-0.15, -0.1) is 0 Å². The average Bonchev–Trinajstić information content (AvgIpc) is 3.04. The molecule has 156 valence electrons. The van der Waals surface area contributed by atoms with E-state index >= 15 is 0 Å². The van der Waals surface area contributed by atoms with Crippen LogP contribution in [0.25, 0.3) is 5.57 Å². The van der Waals surface area contributed by atoms with Crippen LogP contribution in [0.2, 0.25) is 0 Å². The maximum Gasteiger partial charge on any atom is 0.278 e. The second-order valence-electron chi connectivity index (χ2n) is 6.95. The van der Waals surface area contributed by atoms with E-state index in [2.05, 4.69) is 5.32 Å². The van der Waals surface area contributed by atoms with Gasteiger partial charge in [-0.3, -0.25) is 14.5 Å². The minimum Gasteiger partial charge on any atom is -0.496 e. The molecule has 6 nitrogen and oxygen atoms in total. The van der Waals surface area contributed by atoms with Crippen LogP contribution in [-0.4, -0.2) is 30.9 Å². The quantitative estimate of drug-likeness (QED) is 0.590. The first-order valence-electron chi connectivity index (χ1n) is 9.82. The van der Waals surface area contributed by atoms with Crippen LogP contribution in [0.4, 0.5) is 5.69 Å². The van der Waals surface area contributed by atoms with Crippen LogP contribution in [-0.2, 0) is 16.1 Å². The van der Waals surface area contributed by atoms with E-state index in [9.17, 15) is 9.59 Å². The van der Waals surface area contributed by atoms with E-state index in [1.165, 1.54) is 4.90 Å². The minimum atomic E-state index is -0.402. The van der Waals surface area contributed by atoms with Crippen LogP contribution in [0.5, 0.6) is 11.5 Å². The fraction of sp³-hybridized carbons (Fsp3) is 0.120. The van der Waals surface area contributed by atoms with Crippen LogP contribution in [0.1, 0.15) is 11.1 Å². The molecule has 1 heterocycles. The minimum absolute atomic E-state index is 0.106. The van der Waals surface area contributed by atoms with Gasteiger partial charge in [-0.25, -0.2) is 0 Å². The van der Waals surface area contributed by atoms with Crippen molar-refractivity contribution >= 4 is 23.1 Å². The van der Waals surface area contributed by atoms with Gasteiger partial charge in [0.15, 0.2) is 0 Å². The molecule has 4 rings (SSSR count). The van der Waals surface area contributed by atoms with Crippen LogP contribution in [0, 0.1) is 0 Å². The molecule has 1 N–H and O–H groups in total. The predicted octanol–water partition coefficient (Wildman–Crippen LogP) is 4.10. The van der Waals surface area contributed by atoms with Crippen molar-refractivity contribution < 1.29 is 19.1 Å². The second kappa shape index (κ2) is 8.75. The Morgan fingerprint density at radius 3 is 2.06 bits per heavy atom. The summed E-state index contributed by atoms with van der Waals surface area (Å²) < 4.78 is 10.8. The third-order valence-electron chi connectivity index (χ3n) is 5.12. The summed E-state index contributed by atoms with van der Waals surface area (Å²) in [6.07, 6.45) is 0. The lowest BCUT2D eigenvalue weighted by Crippen LogP contribution is -2.32. The Morgan fingerprint density at radius 1 is 0.742 bits per heavy atom. The van der Waals surface area contributed by atoms with Gasteiger partial charge in [0.25, 0.3) is 11.8 Å². The number of rotatable bonds is 7. The number of para-hydroxylation sites is 3. The van der Waals surface area contributed by atoms with E-state index in [4.69, 9.17) is 9.47 Å².